The number of anilines is 1. The van der Waals surface area contributed by atoms with E-state index in [9.17, 15) is 4.79 Å². The van der Waals surface area contributed by atoms with Crippen LogP contribution in [0.15, 0.2) is 48.8 Å². The van der Waals surface area contributed by atoms with Gasteiger partial charge in [0.25, 0.3) is 0 Å². The van der Waals surface area contributed by atoms with E-state index in [0.717, 1.165) is 79.7 Å². The normalized spacial score (nSPS) is 20.5. The largest absolute Gasteiger partial charge is 0.456 e. The van der Waals surface area contributed by atoms with Crippen molar-refractivity contribution >= 4 is 23.2 Å². The number of nitrogens with zero attached hydrogens (tertiary/aromatic N) is 3. The Balaban J connectivity index is 1.44. The van der Waals surface area contributed by atoms with Crippen molar-refractivity contribution in [2.24, 2.45) is 5.92 Å². The predicted molar refractivity (Wildman–Crippen MR) is 138 cm³/mol. The maximum atomic E-state index is 13.2. The minimum absolute atomic E-state index is 0.170. The van der Waals surface area contributed by atoms with Gasteiger partial charge in [0.2, 0.25) is 5.91 Å². The van der Waals surface area contributed by atoms with Gasteiger partial charge in [0, 0.05) is 39.9 Å². The van der Waals surface area contributed by atoms with Gasteiger partial charge >= 0.3 is 0 Å². The molecule has 7 heteroatoms. The summed E-state index contributed by atoms with van der Waals surface area (Å²) in [7, 11) is 0. The fourth-order valence-corrected chi connectivity index (χ4v) is 5.59. The number of amides is 1. The number of carbonyl (C=O) groups excluding carboxylic acids is 1. The average molecular weight is 491 g/mol. The molecular formula is C28H31ClN4O2. The number of halogens is 1. The van der Waals surface area contributed by atoms with Crippen LogP contribution < -0.4 is 15.0 Å². The molecule has 6 nitrogen and oxygen atoms in total. The van der Waals surface area contributed by atoms with Crippen LogP contribution in [0.5, 0.6) is 11.5 Å². The lowest BCUT2D eigenvalue weighted by atomic mass is 9.92. The molecular weight excluding hydrogens is 460 g/mol. The topological polar surface area (TPSA) is 59.4 Å². The smallest absolute Gasteiger partial charge is 0.230 e. The number of benzene rings is 2. The molecule has 0 radical (unpaired) electrons. The van der Waals surface area contributed by atoms with E-state index < -0.39 is 0 Å². The molecule has 0 spiro atoms. The van der Waals surface area contributed by atoms with Crippen LogP contribution in [0.25, 0.3) is 11.1 Å². The van der Waals surface area contributed by atoms with Crippen LogP contribution in [0.3, 0.4) is 0 Å². The summed E-state index contributed by atoms with van der Waals surface area (Å²) in [5.41, 5.74) is 4.09. The molecule has 3 aromatic rings. The lowest BCUT2D eigenvalue weighted by molar-refractivity contribution is -0.120. The summed E-state index contributed by atoms with van der Waals surface area (Å²) in [6.07, 6.45) is 10.00. The molecule has 0 bridgehead atoms. The quantitative estimate of drug-likeness (QED) is 0.476. The zero-order valence-electron chi connectivity index (χ0n) is 20.0. The SMILES string of the molecule is CC1CCc2c(ccc(-c3cnn(C4CCNCC4)c3)c2Oc2cccc(Cl)c2)N1C(=O)C1CC1. The summed E-state index contributed by atoms with van der Waals surface area (Å²) < 4.78 is 8.67. The monoisotopic (exact) mass is 490 g/mol. The molecule has 2 fully saturated rings. The standard InChI is InChI=1S/C28H31ClN4O2/c1-18-5-8-25-26(33(18)28(34)19-6-7-19)10-9-24(27(25)35-23-4-2-3-21(29)15-23)20-16-31-32(17-20)22-11-13-30-14-12-22/h2-4,9-10,15-19,22,30H,5-8,11-14H2,1H3. The van der Waals surface area contributed by atoms with Crippen LogP contribution >= 0.6 is 11.6 Å². The number of carbonyl (C=O) groups is 1. The fourth-order valence-electron chi connectivity index (χ4n) is 5.41. The molecule has 35 heavy (non-hydrogen) atoms. The minimum atomic E-state index is 0.170. The van der Waals surface area contributed by atoms with Crippen molar-refractivity contribution in [3.05, 3.63) is 59.4 Å². The second-order valence-electron chi connectivity index (χ2n) is 10.1. The Bertz CT molecular complexity index is 1250. The van der Waals surface area contributed by atoms with Gasteiger partial charge in [-0.15, -0.1) is 0 Å². The summed E-state index contributed by atoms with van der Waals surface area (Å²) in [4.78, 5) is 15.2. The Morgan fingerprint density at radius 2 is 1.94 bits per heavy atom. The fraction of sp³-hybridized carbons (Fsp3) is 0.429. The highest BCUT2D eigenvalue weighted by Crippen LogP contribution is 2.46. The van der Waals surface area contributed by atoms with Crippen molar-refractivity contribution in [1.29, 1.82) is 0 Å². The van der Waals surface area contributed by atoms with Gasteiger partial charge in [-0.3, -0.25) is 9.48 Å². The van der Waals surface area contributed by atoms with Crippen molar-refractivity contribution in [2.45, 2.75) is 57.5 Å². The van der Waals surface area contributed by atoms with Crippen LogP contribution in [-0.4, -0.2) is 34.8 Å². The van der Waals surface area contributed by atoms with E-state index in [1.54, 1.807) is 0 Å². The number of ether oxygens (including phenoxy) is 1. The van der Waals surface area contributed by atoms with E-state index in [2.05, 4.69) is 35.3 Å². The highest BCUT2D eigenvalue weighted by molar-refractivity contribution is 6.30. The first kappa shape index (κ1) is 22.6. The third kappa shape index (κ3) is 4.45. The minimum Gasteiger partial charge on any atom is -0.456 e. The lowest BCUT2D eigenvalue weighted by Gasteiger charge is -2.36. The van der Waals surface area contributed by atoms with Crippen molar-refractivity contribution in [3.8, 4) is 22.6 Å². The summed E-state index contributed by atoms with van der Waals surface area (Å²) in [5.74, 6) is 1.91. The van der Waals surface area contributed by atoms with Gasteiger partial charge in [-0.25, -0.2) is 0 Å². The summed E-state index contributed by atoms with van der Waals surface area (Å²) in [5, 5.41) is 8.78. The molecule has 2 aromatic carbocycles. The number of piperidine rings is 1. The first-order valence-electron chi connectivity index (χ1n) is 12.8. The molecule has 1 aliphatic carbocycles. The number of hydrogen-bond acceptors (Lipinski definition) is 4. The van der Waals surface area contributed by atoms with Gasteiger partial charge in [-0.1, -0.05) is 17.7 Å². The van der Waals surface area contributed by atoms with Gasteiger partial charge in [-0.05, 0) is 88.9 Å². The molecule has 3 aliphatic rings. The predicted octanol–water partition coefficient (Wildman–Crippen LogP) is 6.00. The van der Waals surface area contributed by atoms with Crippen molar-refractivity contribution < 1.29 is 9.53 Å². The third-order valence-corrected chi connectivity index (χ3v) is 7.76. The van der Waals surface area contributed by atoms with Crippen molar-refractivity contribution in [1.82, 2.24) is 15.1 Å². The number of nitrogens with one attached hydrogen (secondary N) is 1. The van der Waals surface area contributed by atoms with E-state index in [1.807, 2.05) is 35.4 Å². The Kier molecular flexibility index (Phi) is 6.02. The number of hydrogen-bond donors (Lipinski definition) is 1. The Labute approximate surface area is 211 Å². The number of aromatic nitrogens is 2. The molecule has 182 valence electrons. The Morgan fingerprint density at radius 3 is 2.71 bits per heavy atom. The van der Waals surface area contributed by atoms with Gasteiger partial charge in [0.15, 0.2) is 0 Å². The molecule has 1 atom stereocenters. The van der Waals surface area contributed by atoms with Gasteiger partial charge in [-0.2, -0.15) is 5.10 Å². The van der Waals surface area contributed by atoms with E-state index in [-0.39, 0.29) is 17.9 Å². The highest BCUT2D eigenvalue weighted by atomic mass is 35.5. The molecule has 1 unspecified atom stereocenters. The average Bonchev–Trinajstić information content (AvgIpc) is 3.61. The summed E-state index contributed by atoms with van der Waals surface area (Å²) in [6, 6.07) is 12.3. The van der Waals surface area contributed by atoms with E-state index in [4.69, 9.17) is 21.4 Å². The molecule has 3 heterocycles. The molecule has 1 N–H and O–H groups in total. The van der Waals surface area contributed by atoms with E-state index in [1.165, 1.54) is 0 Å². The third-order valence-electron chi connectivity index (χ3n) is 7.52. The maximum Gasteiger partial charge on any atom is 0.230 e. The number of fused-ring (bicyclic) bond motifs is 1. The van der Waals surface area contributed by atoms with Crippen molar-refractivity contribution in [2.75, 3.05) is 18.0 Å². The Hall–Kier alpha value is -2.83. The van der Waals surface area contributed by atoms with Gasteiger partial charge in [0.1, 0.15) is 11.5 Å². The molecule has 1 aromatic heterocycles. The van der Waals surface area contributed by atoms with Crippen LogP contribution in [0.4, 0.5) is 5.69 Å². The molecule has 1 saturated carbocycles. The maximum absolute atomic E-state index is 13.2. The first-order chi connectivity index (χ1) is 17.1. The lowest BCUT2D eigenvalue weighted by Crippen LogP contribution is -2.43. The van der Waals surface area contributed by atoms with E-state index in [0.29, 0.717) is 16.8 Å². The second-order valence-corrected chi connectivity index (χ2v) is 10.5. The number of rotatable bonds is 5. The Morgan fingerprint density at radius 1 is 1.11 bits per heavy atom. The molecule has 1 saturated heterocycles. The molecule has 2 aliphatic heterocycles. The summed E-state index contributed by atoms with van der Waals surface area (Å²) in [6.45, 7) is 4.19. The van der Waals surface area contributed by atoms with Crippen molar-refractivity contribution in [3.63, 3.8) is 0 Å². The van der Waals surface area contributed by atoms with Crippen LogP contribution in [0.1, 0.15) is 50.6 Å². The van der Waals surface area contributed by atoms with Gasteiger partial charge in [0.05, 0.1) is 17.9 Å². The first-order valence-corrected chi connectivity index (χ1v) is 13.1. The zero-order chi connectivity index (χ0) is 23.9. The highest BCUT2D eigenvalue weighted by Gasteiger charge is 2.39. The van der Waals surface area contributed by atoms with Crippen LogP contribution in [-0.2, 0) is 11.2 Å². The van der Waals surface area contributed by atoms with Crippen LogP contribution in [0.2, 0.25) is 5.02 Å². The van der Waals surface area contributed by atoms with Gasteiger partial charge < -0.3 is 15.0 Å². The van der Waals surface area contributed by atoms with Crippen LogP contribution in [0, 0.1) is 5.92 Å². The van der Waals surface area contributed by atoms with E-state index >= 15 is 0 Å². The second kappa shape index (κ2) is 9.32. The molecule has 1 amide bonds. The molecule has 6 rings (SSSR count). The zero-order valence-corrected chi connectivity index (χ0v) is 20.8. The summed E-state index contributed by atoms with van der Waals surface area (Å²) >= 11 is 6.27.